The molecule has 3 aromatic rings. The van der Waals surface area contributed by atoms with Gasteiger partial charge in [-0.05, 0) is 92.7 Å². The molecule has 140 valence electrons. The molecule has 4 nitrogen and oxygen atoms in total. The second-order valence-corrected chi connectivity index (χ2v) is 8.43. The van der Waals surface area contributed by atoms with Crippen LogP contribution in [0.5, 0.6) is 5.75 Å². The SMILES string of the molecule is CCOc1c(I)cc(/C=C2\N=C(c3cccc4ccccc34)OC2=O)cc1I. The molecule has 0 radical (unpaired) electrons. The van der Waals surface area contributed by atoms with Crippen LogP contribution < -0.4 is 4.74 Å². The van der Waals surface area contributed by atoms with E-state index in [1.54, 1.807) is 6.08 Å². The number of cyclic esters (lactones) is 1. The second-order valence-electron chi connectivity index (χ2n) is 6.11. The van der Waals surface area contributed by atoms with Gasteiger partial charge in [-0.3, -0.25) is 0 Å². The number of carbonyl (C=O) groups is 1. The van der Waals surface area contributed by atoms with Gasteiger partial charge >= 0.3 is 5.97 Å². The first-order chi connectivity index (χ1) is 13.6. The van der Waals surface area contributed by atoms with Gasteiger partial charge in [0.25, 0.3) is 0 Å². The zero-order valence-electron chi connectivity index (χ0n) is 14.9. The van der Waals surface area contributed by atoms with Crippen LogP contribution in [0.4, 0.5) is 0 Å². The first-order valence-corrected chi connectivity index (χ1v) is 10.8. The van der Waals surface area contributed by atoms with E-state index in [2.05, 4.69) is 50.2 Å². The molecule has 0 N–H and O–H groups in total. The molecule has 0 saturated carbocycles. The van der Waals surface area contributed by atoms with Gasteiger partial charge in [0.2, 0.25) is 5.90 Å². The predicted octanol–water partition coefficient (Wildman–Crippen LogP) is 5.79. The van der Waals surface area contributed by atoms with Crippen LogP contribution in [0, 0.1) is 7.14 Å². The Bertz CT molecular complexity index is 1120. The Morgan fingerprint density at radius 3 is 2.54 bits per heavy atom. The van der Waals surface area contributed by atoms with Crippen LogP contribution in [0.25, 0.3) is 16.8 Å². The fourth-order valence-electron chi connectivity index (χ4n) is 3.04. The van der Waals surface area contributed by atoms with E-state index < -0.39 is 5.97 Å². The number of esters is 1. The maximum Gasteiger partial charge on any atom is 0.363 e. The second kappa shape index (κ2) is 8.20. The van der Waals surface area contributed by atoms with Gasteiger partial charge in [-0.15, -0.1) is 0 Å². The zero-order chi connectivity index (χ0) is 19.7. The van der Waals surface area contributed by atoms with Gasteiger partial charge in [0.15, 0.2) is 5.70 Å². The molecule has 0 aliphatic carbocycles. The van der Waals surface area contributed by atoms with Gasteiger partial charge in [0, 0.05) is 5.56 Å². The largest absolute Gasteiger partial charge is 0.492 e. The zero-order valence-corrected chi connectivity index (χ0v) is 19.2. The Labute approximate surface area is 189 Å². The standard InChI is InChI=1S/C22H15I2NO3/c1-2-27-20-17(23)10-13(11-18(20)24)12-19-22(26)28-21(25-19)16-9-5-7-14-6-3-4-8-15(14)16/h3-12H,2H2,1H3/b19-12-. The first kappa shape index (κ1) is 19.4. The molecule has 3 aromatic carbocycles. The van der Waals surface area contributed by atoms with Crippen LogP contribution in [-0.2, 0) is 9.53 Å². The summed E-state index contributed by atoms with van der Waals surface area (Å²) in [6.07, 6.45) is 1.75. The van der Waals surface area contributed by atoms with Crippen LogP contribution in [0.2, 0.25) is 0 Å². The Morgan fingerprint density at radius 1 is 1.07 bits per heavy atom. The number of fused-ring (bicyclic) bond motifs is 1. The number of nitrogens with zero attached hydrogens (tertiary/aromatic N) is 1. The third-order valence-corrected chi connectivity index (χ3v) is 5.86. The number of benzene rings is 3. The molecule has 4 rings (SSSR count). The molecule has 28 heavy (non-hydrogen) atoms. The van der Waals surface area contributed by atoms with E-state index in [0.29, 0.717) is 18.2 Å². The fraction of sp³-hybridized carbons (Fsp3) is 0.0909. The summed E-state index contributed by atoms with van der Waals surface area (Å²) in [7, 11) is 0. The number of hydrogen-bond donors (Lipinski definition) is 0. The predicted molar refractivity (Wildman–Crippen MR) is 128 cm³/mol. The molecule has 0 amide bonds. The van der Waals surface area contributed by atoms with Crippen molar-refractivity contribution in [1.82, 2.24) is 0 Å². The van der Waals surface area contributed by atoms with Crippen molar-refractivity contribution in [3.8, 4) is 5.75 Å². The van der Waals surface area contributed by atoms with Crippen molar-refractivity contribution in [2.24, 2.45) is 4.99 Å². The maximum atomic E-state index is 12.4. The molecule has 6 heteroatoms. The fourth-order valence-corrected chi connectivity index (χ4v) is 5.17. The summed E-state index contributed by atoms with van der Waals surface area (Å²) in [5.74, 6) is 0.755. The van der Waals surface area contributed by atoms with Crippen molar-refractivity contribution < 1.29 is 14.3 Å². The lowest BCUT2D eigenvalue weighted by atomic mass is 10.0. The molecule has 0 aromatic heterocycles. The van der Waals surface area contributed by atoms with Crippen molar-refractivity contribution >= 4 is 73.9 Å². The van der Waals surface area contributed by atoms with Crippen molar-refractivity contribution in [1.29, 1.82) is 0 Å². The highest BCUT2D eigenvalue weighted by Gasteiger charge is 2.25. The van der Waals surface area contributed by atoms with Crippen LogP contribution in [0.3, 0.4) is 0 Å². The molecule has 0 saturated heterocycles. The molecular formula is C22H15I2NO3. The number of rotatable bonds is 4. The summed E-state index contributed by atoms with van der Waals surface area (Å²) in [5.41, 5.74) is 1.98. The van der Waals surface area contributed by atoms with Gasteiger partial charge in [-0.2, -0.15) is 0 Å². The third-order valence-electron chi connectivity index (χ3n) is 4.25. The summed E-state index contributed by atoms with van der Waals surface area (Å²) in [6.45, 7) is 2.57. The van der Waals surface area contributed by atoms with Gasteiger partial charge < -0.3 is 9.47 Å². The molecule has 0 spiro atoms. The summed E-state index contributed by atoms with van der Waals surface area (Å²) >= 11 is 4.48. The minimum atomic E-state index is -0.443. The molecule has 0 unspecified atom stereocenters. The monoisotopic (exact) mass is 595 g/mol. The van der Waals surface area contributed by atoms with Crippen LogP contribution in [-0.4, -0.2) is 18.5 Å². The summed E-state index contributed by atoms with van der Waals surface area (Å²) in [5, 5.41) is 2.08. The van der Waals surface area contributed by atoms with Gasteiger partial charge in [0.05, 0.1) is 13.7 Å². The molecule has 0 atom stereocenters. The molecule has 1 aliphatic rings. The van der Waals surface area contributed by atoms with E-state index in [1.165, 1.54) is 0 Å². The normalized spacial score (nSPS) is 15.0. The molecular weight excluding hydrogens is 580 g/mol. The first-order valence-electron chi connectivity index (χ1n) is 8.69. The highest BCUT2D eigenvalue weighted by Crippen LogP contribution is 2.31. The van der Waals surface area contributed by atoms with E-state index >= 15 is 0 Å². The number of ether oxygens (including phenoxy) is 2. The third kappa shape index (κ3) is 3.80. The molecule has 0 fully saturated rings. The van der Waals surface area contributed by atoms with Crippen molar-refractivity contribution in [2.45, 2.75) is 6.92 Å². The average Bonchev–Trinajstić information content (AvgIpc) is 3.04. The van der Waals surface area contributed by atoms with Gasteiger partial charge in [0.1, 0.15) is 5.75 Å². The van der Waals surface area contributed by atoms with Crippen molar-refractivity contribution in [2.75, 3.05) is 6.61 Å². The number of halogens is 2. The van der Waals surface area contributed by atoms with E-state index in [9.17, 15) is 4.79 Å². The van der Waals surface area contributed by atoms with E-state index in [4.69, 9.17) is 9.47 Å². The molecule has 0 bridgehead atoms. The van der Waals surface area contributed by atoms with E-state index in [0.717, 1.165) is 34.8 Å². The average molecular weight is 595 g/mol. The Kier molecular flexibility index (Phi) is 5.68. The van der Waals surface area contributed by atoms with Gasteiger partial charge in [-0.25, -0.2) is 9.79 Å². The van der Waals surface area contributed by atoms with E-state index in [-0.39, 0.29) is 0 Å². The van der Waals surface area contributed by atoms with Gasteiger partial charge in [-0.1, -0.05) is 36.4 Å². The van der Waals surface area contributed by atoms with E-state index in [1.807, 2.05) is 61.5 Å². The van der Waals surface area contributed by atoms with Crippen molar-refractivity contribution in [3.63, 3.8) is 0 Å². The number of hydrogen-bond acceptors (Lipinski definition) is 4. The van der Waals surface area contributed by atoms with Crippen LogP contribution >= 0.6 is 45.2 Å². The summed E-state index contributed by atoms with van der Waals surface area (Å²) in [4.78, 5) is 16.9. The lowest BCUT2D eigenvalue weighted by Crippen LogP contribution is -2.05. The summed E-state index contributed by atoms with van der Waals surface area (Å²) < 4.78 is 13.1. The van der Waals surface area contributed by atoms with Crippen LogP contribution in [0.15, 0.2) is 65.3 Å². The highest BCUT2D eigenvalue weighted by molar-refractivity contribution is 14.1. The maximum absolute atomic E-state index is 12.4. The lowest BCUT2D eigenvalue weighted by molar-refractivity contribution is -0.129. The number of aliphatic imine (C=N–C) groups is 1. The quantitative estimate of drug-likeness (QED) is 0.218. The number of carbonyl (C=O) groups excluding carboxylic acids is 1. The highest BCUT2D eigenvalue weighted by atomic mass is 127. The Balaban J connectivity index is 1.73. The topological polar surface area (TPSA) is 47.9 Å². The minimum absolute atomic E-state index is 0.290. The Hall–Kier alpha value is -1.94. The lowest BCUT2D eigenvalue weighted by Gasteiger charge is -2.09. The van der Waals surface area contributed by atoms with Crippen LogP contribution in [0.1, 0.15) is 18.1 Å². The molecule has 1 heterocycles. The Morgan fingerprint density at radius 2 is 1.79 bits per heavy atom. The minimum Gasteiger partial charge on any atom is -0.492 e. The van der Waals surface area contributed by atoms with Crippen molar-refractivity contribution in [3.05, 3.63) is 78.6 Å². The molecule has 1 aliphatic heterocycles. The summed E-state index contributed by atoms with van der Waals surface area (Å²) in [6, 6.07) is 17.8. The smallest absolute Gasteiger partial charge is 0.363 e.